The summed E-state index contributed by atoms with van der Waals surface area (Å²) in [5.41, 5.74) is 0.739. The molecule has 0 aliphatic carbocycles. The number of nitrogens with one attached hydrogen (secondary N) is 2. The molecule has 0 heterocycles. The maximum absolute atomic E-state index is 11.7. The zero-order valence-corrected chi connectivity index (χ0v) is 14.2. The van der Waals surface area contributed by atoms with Crippen molar-refractivity contribution < 1.29 is 4.79 Å². The number of rotatable bonds is 4. The first kappa shape index (κ1) is 16.9. The molecule has 106 valence electrons. The van der Waals surface area contributed by atoms with Crippen LogP contribution in [-0.4, -0.2) is 15.9 Å². The van der Waals surface area contributed by atoms with E-state index in [2.05, 4.69) is 26.6 Å². The van der Waals surface area contributed by atoms with Gasteiger partial charge in [0.1, 0.15) is 6.17 Å². The Morgan fingerprint density at radius 1 is 1.21 bits per heavy atom. The Kier molecular flexibility index (Phi) is 6.24. The molecule has 3 nitrogen and oxygen atoms in total. The molecule has 0 bridgehead atoms. The van der Waals surface area contributed by atoms with Crippen molar-refractivity contribution in [3.05, 3.63) is 28.7 Å². The monoisotopic (exact) mass is 386 g/mol. The normalized spacial score (nSPS) is 13.2. The summed E-state index contributed by atoms with van der Waals surface area (Å²) in [5.74, 6) is -0.387. The molecule has 0 fully saturated rings. The Labute approximate surface area is 136 Å². The van der Waals surface area contributed by atoms with Crippen molar-refractivity contribution in [2.75, 3.05) is 5.32 Å². The maximum atomic E-state index is 11.7. The molecule has 1 amide bonds. The van der Waals surface area contributed by atoms with Gasteiger partial charge in [-0.1, -0.05) is 64.6 Å². The van der Waals surface area contributed by atoms with Gasteiger partial charge in [0, 0.05) is 16.1 Å². The molecule has 0 spiro atoms. The summed E-state index contributed by atoms with van der Waals surface area (Å²) < 4.78 is -0.716. The fourth-order valence-corrected chi connectivity index (χ4v) is 1.81. The molecule has 0 aliphatic heterocycles. The van der Waals surface area contributed by atoms with Crippen molar-refractivity contribution in [1.82, 2.24) is 5.32 Å². The molecule has 1 aromatic rings. The van der Waals surface area contributed by atoms with Crippen LogP contribution in [-0.2, 0) is 4.79 Å². The van der Waals surface area contributed by atoms with E-state index in [1.165, 1.54) is 0 Å². The third kappa shape index (κ3) is 5.78. The van der Waals surface area contributed by atoms with Crippen LogP contribution < -0.4 is 10.6 Å². The minimum absolute atomic E-state index is 0.193. The van der Waals surface area contributed by atoms with Crippen LogP contribution in [0.2, 0.25) is 0 Å². The van der Waals surface area contributed by atoms with Crippen LogP contribution >= 0.6 is 50.7 Å². The second-order valence-corrected chi connectivity index (χ2v) is 7.57. The molecule has 1 atom stereocenters. The molecular weight excluding hydrogens is 374 g/mol. The third-order valence-corrected chi connectivity index (χ3v) is 3.48. The van der Waals surface area contributed by atoms with E-state index in [9.17, 15) is 4.79 Å². The van der Waals surface area contributed by atoms with Gasteiger partial charge in [0.25, 0.3) is 0 Å². The number of hydrogen-bond donors (Lipinski definition) is 2. The maximum Gasteiger partial charge on any atom is 0.228 e. The number of halogens is 4. The van der Waals surface area contributed by atoms with E-state index >= 15 is 0 Å². The fourth-order valence-electron chi connectivity index (χ4n) is 1.22. The highest BCUT2D eigenvalue weighted by Gasteiger charge is 2.34. The molecule has 19 heavy (non-hydrogen) atoms. The lowest BCUT2D eigenvalue weighted by Crippen LogP contribution is -2.50. The first-order valence-corrected chi connectivity index (χ1v) is 7.52. The largest absolute Gasteiger partial charge is 0.362 e. The van der Waals surface area contributed by atoms with Crippen molar-refractivity contribution in [2.24, 2.45) is 5.92 Å². The highest BCUT2D eigenvalue weighted by Crippen LogP contribution is 2.31. The van der Waals surface area contributed by atoms with Crippen molar-refractivity contribution in [2.45, 2.75) is 23.8 Å². The lowest BCUT2D eigenvalue weighted by Gasteiger charge is -2.28. The summed E-state index contributed by atoms with van der Waals surface area (Å²) in [4.78, 5) is 11.7. The molecule has 1 aromatic carbocycles. The van der Waals surface area contributed by atoms with Gasteiger partial charge in [-0.2, -0.15) is 0 Å². The predicted molar refractivity (Wildman–Crippen MR) is 84.8 cm³/mol. The third-order valence-electron chi connectivity index (χ3n) is 2.29. The summed E-state index contributed by atoms with van der Waals surface area (Å²) in [6.07, 6.45) is -0.812. The number of carbonyl (C=O) groups excluding carboxylic acids is 1. The van der Waals surface area contributed by atoms with Crippen LogP contribution in [0.5, 0.6) is 0 Å². The van der Waals surface area contributed by atoms with Crippen LogP contribution in [0.3, 0.4) is 0 Å². The number of amides is 1. The minimum atomic E-state index is -1.66. The van der Waals surface area contributed by atoms with E-state index in [1.54, 1.807) is 13.8 Å². The molecule has 0 saturated heterocycles. The van der Waals surface area contributed by atoms with Crippen LogP contribution in [0.15, 0.2) is 28.7 Å². The number of benzene rings is 1. The van der Waals surface area contributed by atoms with Gasteiger partial charge >= 0.3 is 0 Å². The molecular formula is C12H14BrCl3N2O. The quantitative estimate of drug-likeness (QED) is 0.595. The van der Waals surface area contributed by atoms with Gasteiger partial charge in [0.2, 0.25) is 9.70 Å². The molecule has 0 saturated carbocycles. The summed E-state index contributed by atoms with van der Waals surface area (Å²) in [6, 6.07) is 7.33. The average molecular weight is 389 g/mol. The zero-order valence-electron chi connectivity index (χ0n) is 10.4. The lowest BCUT2D eigenvalue weighted by atomic mass is 10.2. The first-order chi connectivity index (χ1) is 8.70. The van der Waals surface area contributed by atoms with Crippen LogP contribution in [0, 0.1) is 5.92 Å². The molecule has 7 heteroatoms. The number of carbonyl (C=O) groups is 1. The number of hydrogen-bond acceptors (Lipinski definition) is 2. The number of alkyl halides is 3. The van der Waals surface area contributed by atoms with Crippen LogP contribution in [0.25, 0.3) is 0 Å². The fraction of sp³-hybridized carbons (Fsp3) is 0.417. The van der Waals surface area contributed by atoms with Gasteiger partial charge in [0.05, 0.1) is 0 Å². The summed E-state index contributed by atoms with van der Waals surface area (Å²) in [6.45, 7) is 3.54. The predicted octanol–water partition coefficient (Wildman–Crippen LogP) is 4.33. The molecule has 0 radical (unpaired) electrons. The van der Waals surface area contributed by atoms with Crippen LogP contribution in [0.1, 0.15) is 13.8 Å². The molecule has 0 aliphatic rings. The second kappa shape index (κ2) is 7.02. The summed E-state index contributed by atoms with van der Waals surface area (Å²) in [7, 11) is 0. The van der Waals surface area contributed by atoms with E-state index in [0.717, 1.165) is 10.2 Å². The minimum Gasteiger partial charge on any atom is -0.362 e. The van der Waals surface area contributed by atoms with Gasteiger partial charge in [-0.3, -0.25) is 4.79 Å². The Morgan fingerprint density at radius 3 is 2.16 bits per heavy atom. The summed E-state index contributed by atoms with van der Waals surface area (Å²) in [5, 5.41) is 5.65. The van der Waals surface area contributed by atoms with E-state index in [0.29, 0.717) is 0 Å². The van der Waals surface area contributed by atoms with Crippen molar-refractivity contribution >= 4 is 62.3 Å². The first-order valence-electron chi connectivity index (χ1n) is 5.59. The van der Waals surface area contributed by atoms with E-state index in [1.807, 2.05) is 24.3 Å². The van der Waals surface area contributed by atoms with Crippen molar-refractivity contribution in [3.63, 3.8) is 0 Å². The van der Waals surface area contributed by atoms with Gasteiger partial charge in [-0.15, -0.1) is 0 Å². The standard InChI is InChI=1S/C12H14BrCl3N2O/c1-7(2)10(19)18-11(12(14,15)16)17-9-5-3-8(13)4-6-9/h3-7,11,17H,1-2H3,(H,18,19). The SMILES string of the molecule is CC(C)C(=O)NC(Nc1ccc(Br)cc1)C(Cl)(Cl)Cl. The Bertz CT molecular complexity index is 432. The zero-order chi connectivity index (χ0) is 14.6. The van der Waals surface area contributed by atoms with Crippen LogP contribution in [0.4, 0.5) is 5.69 Å². The molecule has 1 rings (SSSR count). The molecule has 1 unspecified atom stereocenters. The van der Waals surface area contributed by atoms with Gasteiger partial charge in [0.15, 0.2) is 0 Å². The second-order valence-electron chi connectivity index (χ2n) is 4.29. The lowest BCUT2D eigenvalue weighted by molar-refractivity contribution is -0.124. The molecule has 2 N–H and O–H groups in total. The van der Waals surface area contributed by atoms with E-state index in [4.69, 9.17) is 34.8 Å². The highest BCUT2D eigenvalue weighted by atomic mass is 79.9. The number of anilines is 1. The molecule has 0 aromatic heterocycles. The van der Waals surface area contributed by atoms with Gasteiger partial charge < -0.3 is 10.6 Å². The average Bonchev–Trinajstić information content (AvgIpc) is 2.29. The van der Waals surface area contributed by atoms with Crippen molar-refractivity contribution in [3.8, 4) is 0 Å². The van der Waals surface area contributed by atoms with Crippen molar-refractivity contribution in [1.29, 1.82) is 0 Å². The Morgan fingerprint density at radius 2 is 1.74 bits per heavy atom. The smallest absolute Gasteiger partial charge is 0.228 e. The van der Waals surface area contributed by atoms with E-state index in [-0.39, 0.29) is 11.8 Å². The highest BCUT2D eigenvalue weighted by molar-refractivity contribution is 9.10. The Hall–Kier alpha value is -0.160. The van der Waals surface area contributed by atoms with Gasteiger partial charge in [-0.25, -0.2) is 0 Å². The summed E-state index contributed by atoms with van der Waals surface area (Å²) >= 11 is 21.0. The topological polar surface area (TPSA) is 41.1 Å². The van der Waals surface area contributed by atoms with Gasteiger partial charge in [-0.05, 0) is 24.3 Å². The van der Waals surface area contributed by atoms with E-state index < -0.39 is 9.96 Å². The Balaban J connectivity index is 2.81.